The molecule has 0 radical (unpaired) electrons. The number of Topliss-reactive ketones (excluding diaryl/α,β-unsaturated/α-hetero) is 1. The van der Waals surface area contributed by atoms with Crippen LogP contribution in [0.5, 0.6) is 0 Å². The SMILES string of the molecule is CCC12CN(C(=O)c3ccc([N+](=O)[O-])cc3)CC(CC)(CN(C(=O)c3ccc([N+](=O)[O-])cc3)C1)C2=O. The lowest BCUT2D eigenvalue weighted by Gasteiger charge is -2.57. The number of hydrogen-bond acceptors (Lipinski definition) is 7. The number of fused-ring (bicyclic) bond motifs is 2. The Labute approximate surface area is 207 Å². The molecule has 0 aliphatic carbocycles. The van der Waals surface area contributed by atoms with E-state index < -0.39 is 20.7 Å². The van der Waals surface area contributed by atoms with Crippen molar-refractivity contribution >= 4 is 29.0 Å². The van der Waals surface area contributed by atoms with Gasteiger partial charge in [0.1, 0.15) is 0 Å². The third-order valence-electron chi connectivity index (χ3n) is 7.52. The fraction of sp³-hybridized carbons (Fsp3) is 0.400. The summed E-state index contributed by atoms with van der Waals surface area (Å²) in [4.78, 5) is 64.6. The van der Waals surface area contributed by atoms with Crippen molar-refractivity contribution in [3.8, 4) is 0 Å². The van der Waals surface area contributed by atoms with Crippen LogP contribution >= 0.6 is 0 Å². The molecule has 2 aromatic rings. The van der Waals surface area contributed by atoms with E-state index in [9.17, 15) is 34.6 Å². The number of benzene rings is 2. The van der Waals surface area contributed by atoms with E-state index in [1.54, 1.807) is 9.80 Å². The van der Waals surface area contributed by atoms with Crippen LogP contribution in [0.3, 0.4) is 0 Å². The number of ketones is 1. The number of carbonyl (C=O) groups is 3. The zero-order valence-corrected chi connectivity index (χ0v) is 20.0. The number of carbonyl (C=O) groups excluding carboxylic acids is 3. The molecule has 2 amide bonds. The molecule has 2 heterocycles. The fourth-order valence-electron chi connectivity index (χ4n) is 5.40. The Morgan fingerprint density at radius 1 is 0.722 bits per heavy atom. The highest BCUT2D eigenvalue weighted by molar-refractivity contribution is 6.01. The van der Waals surface area contributed by atoms with Gasteiger partial charge in [-0.2, -0.15) is 0 Å². The Hall–Kier alpha value is -4.15. The van der Waals surface area contributed by atoms with Gasteiger partial charge >= 0.3 is 0 Å². The largest absolute Gasteiger partial charge is 0.336 e. The summed E-state index contributed by atoms with van der Waals surface area (Å²) < 4.78 is 0. The van der Waals surface area contributed by atoms with Gasteiger partial charge < -0.3 is 9.80 Å². The molecule has 2 bridgehead atoms. The standard InChI is InChI=1S/C25H26N4O7/c1-3-24-13-26(21(30)17-5-9-19(10-6-17)28(33)34)15-25(4-2,23(24)32)16-27(14-24)22(31)18-7-11-20(12-8-18)29(35)36/h5-12H,3-4,13-16H2,1-2H3. The van der Waals surface area contributed by atoms with Gasteiger partial charge in [0.15, 0.2) is 5.78 Å². The molecule has 2 aliphatic heterocycles. The number of nitro groups is 2. The summed E-state index contributed by atoms with van der Waals surface area (Å²) in [6.45, 7) is 4.23. The zero-order valence-electron chi connectivity index (χ0n) is 20.0. The quantitative estimate of drug-likeness (QED) is 0.442. The molecular formula is C25H26N4O7. The van der Waals surface area contributed by atoms with Crippen LogP contribution in [0, 0.1) is 31.1 Å². The van der Waals surface area contributed by atoms with E-state index in [1.807, 2.05) is 13.8 Å². The number of rotatable bonds is 6. The minimum atomic E-state index is -0.959. The molecule has 0 aromatic heterocycles. The Bertz CT molecular complexity index is 1130. The van der Waals surface area contributed by atoms with Gasteiger partial charge in [-0.25, -0.2) is 0 Å². The van der Waals surface area contributed by atoms with Crippen molar-refractivity contribution in [1.29, 1.82) is 0 Å². The number of non-ortho nitro benzene ring substituents is 2. The van der Waals surface area contributed by atoms with E-state index >= 15 is 0 Å². The third kappa shape index (κ3) is 4.10. The summed E-state index contributed by atoms with van der Waals surface area (Å²) in [6, 6.07) is 10.8. The summed E-state index contributed by atoms with van der Waals surface area (Å²) in [6.07, 6.45) is 0.837. The van der Waals surface area contributed by atoms with Crippen LogP contribution < -0.4 is 0 Å². The molecule has 4 rings (SSSR count). The van der Waals surface area contributed by atoms with Crippen LogP contribution in [0.1, 0.15) is 47.4 Å². The number of hydrogen-bond donors (Lipinski definition) is 0. The summed E-state index contributed by atoms with van der Waals surface area (Å²) in [5.74, 6) is -0.591. The first-order valence-corrected chi connectivity index (χ1v) is 11.7. The van der Waals surface area contributed by atoms with Crippen LogP contribution in [-0.4, -0.2) is 63.4 Å². The molecule has 188 valence electrons. The third-order valence-corrected chi connectivity index (χ3v) is 7.52. The number of amides is 2. The normalized spacial score (nSPS) is 23.3. The Morgan fingerprint density at radius 2 is 1.03 bits per heavy atom. The second kappa shape index (κ2) is 9.14. The molecule has 11 nitrogen and oxygen atoms in total. The zero-order chi connectivity index (χ0) is 26.3. The van der Waals surface area contributed by atoms with Crippen LogP contribution in [0.25, 0.3) is 0 Å². The Balaban J connectivity index is 1.63. The highest BCUT2D eigenvalue weighted by atomic mass is 16.6. The minimum Gasteiger partial charge on any atom is -0.336 e. The molecule has 0 atom stereocenters. The van der Waals surface area contributed by atoms with Gasteiger partial charge in [-0.05, 0) is 37.1 Å². The number of nitrogens with zero attached hydrogens (tertiary/aromatic N) is 4. The van der Waals surface area contributed by atoms with Crippen molar-refractivity contribution in [2.45, 2.75) is 26.7 Å². The van der Waals surface area contributed by atoms with E-state index in [1.165, 1.54) is 48.5 Å². The average Bonchev–Trinajstić information content (AvgIpc) is 2.88. The van der Waals surface area contributed by atoms with Gasteiger partial charge in [0, 0.05) is 61.6 Å². The molecule has 0 spiro atoms. The molecule has 0 saturated carbocycles. The maximum Gasteiger partial charge on any atom is 0.269 e. The summed E-state index contributed by atoms with van der Waals surface area (Å²) in [5, 5.41) is 21.9. The molecular weight excluding hydrogens is 468 g/mol. The maximum absolute atomic E-state index is 13.7. The van der Waals surface area contributed by atoms with Crippen molar-refractivity contribution in [3.05, 3.63) is 79.9 Å². The first-order valence-electron chi connectivity index (χ1n) is 11.7. The van der Waals surface area contributed by atoms with Crippen molar-refractivity contribution in [2.24, 2.45) is 10.8 Å². The Morgan fingerprint density at radius 3 is 1.28 bits per heavy atom. The highest BCUT2D eigenvalue weighted by Gasteiger charge is 2.60. The van der Waals surface area contributed by atoms with E-state index in [4.69, 9.17) is 0 Å². The average molecular weight is 495 g/mol. The van der Waals surface area contributed by atoms with Gasteiger partial charge in [0.25, 0.3) is 23.2 Å². The second-order valence-electron chi connectivity index (χ2n) is 9.53. The van der Waals surface area contributed by atoms with E-state index in [0.717, 1.165) is 0 Å². The molecule has 2 saturated heterocycles. The number of piperidine rings is 2. The molecule has 0 unspecified atom stereocenters. The monoisotopic (exact) mass is 494 g/mol. The van der Waals surface area contributed by atoms with Gasteiger partial charge in [-0.1, -0.05) is 13.8 Å². The van der Waals surface area contributed by atoms with E-state index in [0.29, 0.717) is 24.0 Å². The molecule has 2 aliphatic rings. The molecule has 11 heteroatoms. The van der Waals surface area contributed by atoms with Crippen molar-refractivity contribution in [3.63, 3.8) is 0 Å². The number of nitro benzene ring substituents is 2. The molecule has 2 aromatic carbocycles. The van der Waals surface area contributed by atoms with Crippen molar-refractivity contribution in [1.82, 2.24) is 9.80 Å². The van der Waals surface area contributed by atoms with Gasteiger partial charge in [-0.3, -0.25) is 34.6 Å². The van der Waals surface area contributed by atoms with Crippen LogP contribution in [-0.2, 0) is 4.79 Å². The first kappa shape index (κ1) is 25.0. The van der Waals surface area contributed by atoms with Crippen molar-refractivity contribution < 1.29 is 24.2 Å². The minimum absolute atomic E-state index is 0.0421. The predicted molar refractivity (Wildman–Crippen MR) is 128 cm³/mol. The van der Waals surface area contributed by atoms with Crippen LogP contribution in [0.4, 0.5) is 11.4 Å². The fourth-order valence-corrected chi connectivity index (χ4v) is 5.40. The smallest absolute Gasteiger partial charge is 0.269 e. The van der Waals surface area contributed by atoms with Crippen LogP contribution in [0.2, 0.25) is 0 Å². The van der Waals surface area contributed by atoms with E-state index in [-0.39, 0.29) is 55.2 Å². The van der Waals surface area contributed by atoms with Gasteiger partial charge in [0.2, 0.25) is 0 Å². The molecule has 2 fully saturated rings. The van der Waals surface area contributed by atoms with Gasteiger partial charge in [-0.15, -0.1) is 0 Å². The molecule has 0 N–H and O–H groups in total. The van der Waals surface area contributed by atoms with E-state index in [2.05, 4.69) is 0 Å². The van der Waals surface area contributed by atoms with Crippen LogP contribution in [0.15, 0.2) is 48.5 Å². The second-order valence-corrected chi connectivity index (χ2v) is 9.53. The summed E-state index contributed by atoms with van der Waals surface area (Å²) in [7, 11) is 0. The lowest BCUT2D eigenvalue weighted by Crippen LogP contribution is -2.71. The first-order chi connectivity index (χ1) is 17.1. The summed E-state index contributed by atoms with van der Waals surface area (Å²) >= 11 is 0. The lowest BCUT2D eigenvalue weighted by atomic mass is 9.60. The van der Waals surface area contributed by atoms with Crippen molar-refractivity contribution in [2.75, 3.05) is 26.2 Å². The predicted octanol–water partition coefficient (Wildman–Crippen LogP) is 3.48. The molecule has 36 heavy (non-hydrogen) atoms. The maximum atomic E-state index is 13.7. The Kier molecular flexibility index (Phi) is 6.33. The van der Waals surface area contributed by atoms with Gasteiger partial charge in [0.05, 0.1) is 20.7 Å². The topological polar surface area (TPSA) is 144 Å². The number of likely N-dealkylation sites (tertiary alicyclic amines) is 2. The summed E-state index contributed by atoms with van der Waals surface area (Å²) in [5.41, 5.74) is -1.56. The lowest BCUT2D eigenvalue weighted by molar-refractivity contribution is -0.385. The highest BCUT2D eigenvalue weighted by Crippen LogP contribution is 2.47.